The van der Waals surface area contributed by atoms with Gasteiger partial charge in [-0.2, -0.15) is 0 Å². The van der Waals surface area contributed by atoms with Crippen molar-refractivity contribution in [1.82, 2.24) is 0 Å². The number of aliphatic hydroxyl groups is 1. The summed E-state index contributed by atoms with van der Waals surface area (Å²) >= 11 is 0. The Kier molecular flexibility index (Phi) is 14.5. The SMILES string of the molecule is CC(=O)OC[C@H]1O[C@H](O)[C@@H](OC(C)=O)[C@@H](OC(C)=O)[C@@H]1O[C@@H]1O[C@H](CO[Si](C)(C)C(C)(C)C)[C@H](OC(C)=O)[C@H](OC(C)=O)[C@H]1OC(C)=O. The van der Waals surface area contributed by atoms with Crippen LogP contribution in [0.1, 0.15) is 62.3 Å². The van der Waals surface area contributed by atoms with E-state index in [1.165, 1.54) is 0 Å². The molecule has 2 rings (SSSR count). The average molecular weight is 709 g/mol. The van der Waals surface area contributed by atoms with E-state index in [4.69, 9.17) is 47.1 Å². The van der Waals surface area contributed by atoms with Gasteiger partial charge in [-0.25, -0.2) is 0 Å². The summed E-state index contributed by atoms with van der Waals surface area (Å²) in [5.41, 5.74) is 0. The summed E-state index contributed by atoms with van der Waals surface area (Å²) < 4.78 is 56.9. The van der Waals surface area contributed by atoms with Crippen LogP contribution in [-0.2, 0) is 75.8 Å². The van der Waals surface area contributed by atoms with E-state index < -0.39 is 112 Å². The lowest BCUT2D eigenvalue weighted by molar-refractivity contribution is -0.356. The highest BCUT2D eigenvalue weighted by Gasteiger charge is 2.57. The molecule has 0 amide bonds. The van der Waals surface area contributed by atoms with Crippen LogP contribution in [-0.4, -0.2) is 124 Å². The van der Waals surface area contributed by atoms with Crippen LogP contribution in [0.3, 0.4) is 0 Å². The second-order valence-corrected chi connectivity index (χ2v) is 17.8. The minimum absolute atomic E-state index is 0.195. The molecule has 0 radical (unpaired) electrons. The normalized spacial score (nSPS) is 30.8. The predicted octanol–water partition coefficient (Wildman–Crippen LogP) is 1.06. The minimum atomic E-state index is -2.47. The number of rotatable bonds is 12. The van der Waals surface area contributed by atoms with Crippen LogP contribution in [0.25, 0.3) is 0 Å². The van der Waals surface area contributed by atoms with Gasteiger partial charge in [-0.05, 0) is 18.1 Å². The summed E-state index contributed by atoms with van der Waals surface area (Å²) in [6.45, 7) is 15.7. The topological polar surface area (TPSA) is 215 Å². The van der Waals surface area contributed by atoms with Crippen molar-refractivity contribution in [2.45, 2.75) is 142 Å². The first-order valence-electron chi connectivity index (χ1n) is 15.3. The summed E-state index contributed by atoms with van der Waals surface area (Å²) in [4.78, 5) is 73.0. The highest BCUT2D eigenvalue weighted by molar-refractivity contribution is 6.74. The van der Waals surface area contributed by atoms with Crippen molar-refractivity contribution in [2.24, 2.45) is 0 Å². The Morgan fingerprint density at radius 1 is 0.583 bits per heavy atom. The van der Waals surface area contributed by atoms with Gasteiger partial charge in [0, 0.05) is 41.5 Å². The Morgan fingerprint density at radius 2 is 1.00 bits per heavy atom. The van der Waals surface area contributed by atoms with Gasteiger partial charge >= 0.3 is 35.8 Å². The summed E-state index contributed by atoms with van der Waals surface area (Å²) in [7, 11) is -2.47. The fraction of sp³-hybridized carbons (Fsp3) is 0.800. The van der Waals surface area contributed by atoms with Gasteiger partial charge in [-0.1, -0.05) is 20.8 Å². The lowest BCUT2D eigenvalue weighted by atomic mass is 9.96. The molecular weight excluding hydrogens is 660 g/mol. The van der Waals surface area contributed by atoms with E-state index >= 15 is 0 Å². The summed E-state index contributed by atoms with van der Waals surface area (Å²) in [6, 6.07) is 0. The molecule has 0 saturated carbocycles. The van der Waals surface area contributed by atoms with Gasteiger partial charge < -0.3 is 52.2 Å². The molecule has 0 aromatic heterocycles. The summed E-state index contributed by atoms with van der Waals surface area (Å²) in [5, 5.41) is 10.5. The van der Waals surface area contributed by atoms with Gasteiger partial charge in [0.2, 0.25) is 0 Å². The lowest BCUT2D eigenvalue weighted by Gasteiger charge is -2.48. The highest BCUT2D eigenvalue weighted by Crippen LogP contribution is 2.39. The lowest BCUT2D eigenvalue weighted by Crippen LogP contribution is -2.67. The first kappa shape index (κ1) is 41.0. The zero-order valence-electron chi connectivity index (χ0n) is 29.2. The molecule has 0 aromatic rings. The van der Waals surface area contributed by atoms with Crippen molar-refractivity contribution in [3.05, 3.63) is 0 Å². The Hall–Kier alpha value is -3.16. The van der Waals surface area contributed by atoms with Crippen LogP contribution in [0.15, 0.2) is 0 Å². The molecule has 0 aromatic carbocycles. The number of hydrogen-bond donors (Lipinski definition) is 1. The maximum absolute atomic E-state index is 12.4. The molecule has 2 fully saturated rings. The molecule has 18 heteroatoms. The zero-order chi connectivity index (χ0) is 36.7. The van der Waals surface area contributed by atoms with Gasteiger partial charge in [0.1, 0.15) is 24.9 Å². The predicted molar refractivity (Wildman–Crippen MR) is 162 cm³/mol. The molecule has 0 unspecified atom stereocenters. The molecule has 17 nitrogen and oxygen atoms in total. The number of carbonyl (C=O) groups excluding carboxylic acids is 6. The van der Waals surface area contributed by atoms with Gasteiger partial charge in [0.05, 0.1) is 6.61 Å². The van der Waals surface area contributed by atoms with Crippen molar-refractivity contribution in [1.29, 1.82) is 0 Å². The smallest absolute Gasteiger partial charge is 0.303 e. The maximum Gasteiger partial charge on any atom is 0.303 e. The van der Waals surface area contributed by atoms with Crippen LogP contribution in [0.5, 0.6) is 0 Å². The van der Waals surface area contributed by atoms with E-state index in [0.29, 0.717) is 0 Å². The molecule has 2 aliphatic rings. The fourth-order valence-corrected chi connectivity index (χ4v) is 5.81. The summed E-state index contributed by atoms with van der Waals surface area (Å²) in [6.07, 6.45) is -15.4. The largest absolute Gasteiger partial charge is 0.463 e. The number of esters is 6. The molecule has 0 spiro atoms. The molecule has 10 atom stereocenters. The van der Waals surface area contributed by atoms with Crippen molar-refractivity contribution in [3.8, 4) is 0 Å². The standard InChI is InChI=1S/C30H48O17Si/c1-14(31)38-12-20-23(24(41-16(3)33)26(28(37)45-20)43-18(5)35)47-29-27(44-19(6)36)25(42-17(4)34)22(40-15(2)32)21(46-29)13-39-48(10,11)30(7,8)9/h20-29,37H,12-13H2,1-11H3/t20-,21-,22+,23-,24+,25+,26+,27-,28+,29+/m1/s1. The van der Waals surface area contributed by atoms with Crippen molar-refractivity contribution in [3.63, 3.8) is 0 Å². The molecule has 1 N–H and O–H groups in total. The van der Waals surface area contributed by atoms with Gasteiger partial charge in [0.25, 0.3) is 0 Å². The summed E-state index contributed by atoms with van der Waals surface area (Å²) in [5.74, 6) is -4.94. The third-order valence-corrected chi connectivity index (χ3v) is 12.4. The molecule has 274 valence electrons. The Morgan fingerprint density at radius 3 is 1.46 bits per heavy atom. The number of ether oxygens (including phenoxy) is 9. The molecule has 0 bridgehead atoms. The van der Waals surface area contributed by atoms with E-state index in [9.17, 15) is 33.9 Å². The van der Waals surface area contributed by atoms with Crippen molar-refractivity contribution < 1.29 is 80.9 Å². The molecule has 2 aliphatic heterocycles. The third-order valence-electron chi connectivity index (χ3n) is 7.87. The number of aliphatic hydroxyl groups excluding tert-OH is 1. The monoisotopic (exact) mass is 708 g/mol. The second kappa shape index (κ2) is 17.0. The van der Waals surface area contributed by atoms with Crippen LogP contribution >= 0.6 is 0 Å². The quantitative estimate of drug-likeness (QED) is 0.170. The first-order chi connectivity index (χ1) is 22.0. The Balaban J connectivity index is 2.71. The van der Waals surface area contributed by atoms with E-state index in [0.717, 1.165) is 41.5 Å². The molecule has 2 saturated heterocycles. The maximum atomic E-state index is 12.4. The fourth-order valence-electron chi connectivity index (χ4n) is 4.80. The molecule has 2 heterocycles. The average Bonchev–Trinajstić information content (AvgIpc) is 2.91. The number of hydrogen-bond acceptors (Lipinski definition) is 17. The Bertz CT molecular complexity index is 1180. The zero-order valence-corrected chi connectivity index (χ0v) is 30.2. The minimum Gasteiger partial charge on any atom is -0.463 e. The molecular formula is C30H48O17Si. The first-order valence-corrected chi connectivity index (χ1v) is 18.2. The van der Waals surface area contributed by atoms with Crippen LogP contribution in [0.4, 0.5) is 0 Å². The molecule has 48 heavy (non-hydrogen) atoms. The van der Waals surface area contributed by atoms with Gasteiger partial charge in [-0.3, -0.25) is 28.8 Å². The van der Waals surface area contributed by atoms with E-state index in [-0.39, 0.29) is 11.6 Å². The Labute approximate surface area is 280 Å². The van der Waals surface area contributed by atoms with Gasteiger partial charge in [0.15, 0.2) is 51.4 Å². The van der Waals surface area contributed by atoms with Crippen LogP contribution < -0.4 is 0 Å². The van der Waals surface area contributed by atoms with E-state index in [1.807, 2.05) is 33.9 Å². The second-order valence-electron chi connectivity index (χ2n) is 13.0. The van der Waals surface area contributed by atoms with Crippen molar-refractivity contribution in [2.75, 3.05) is 13.2 Å². The van der Waals surface area contributed by atoms with Crippen LogP contribution in [0.2, 0.25) is 18.1 Å². The van der Waals surface area contributed by atoms with E-state index in [1.54, 1.807) is 0 Å². The number of carbonyl (C=O) groups is 6. The molecule has 0 aliphatic carbocycles. The van der Waals surface area contributed by atoms with Crippen LogP contribution in [0, 0.1) is 0 Å². The van der Waals surface area contributed by atoms with Crippen molar-refractivity contribution >= 4 is 44.1 Å². The van der Waals surface area contributed by atoms with E-state index in [2.05, 4.69) is 0 Å². The van der Waals surface area contributed by atoms with Gasteiger partial charge in [-0.15, -0.1) is 0 Å². The highest BCUT2D eigenvalue weighted by atomic mass is 28.4. The third kappa shape index (κ3) is 11.5.